The lowest BCUT2D eigenvalue weighted by molar-refractivity contribution is -0.137. The van der Waals surface area contributed by atoms with Crippen LogP contribution in [0.2, 0.25) is 0 Å². The molecule has 3 N–H and O–H groups in total. The van der Waals surface area contributed by atoms with Gasteiger partial charge in [-0.3, -0.25) is 4.79 Å². The van der Waals surface area contributed by atoms with Gasteiger partial charge in [-0.25, -0.2) is 18.1 Å². The van der Waals surface area contributed by atoms with Gasteiger partial charge in [-0.2, -0.15) is 0 Å². The van der Waals surface area contributed by atoms with Crippen LogP contribution in [0.3, 0.4) is 0 Å². The van der Waals surface area contributed by atoms with E-state index in [1.807, 2.05) is 12.1 Å². The predicted molar refractivity (Wildman–Crippen MR) is 86.1 cm³/mol. The van der Waals surface area contributed by atoms with Gasteiger partial charge in [-0.15, -0.1) is 0 Å². The molecule has 23 heavy (non-hydrogen) atoms. The molecular formula is C14H22N4O4S. The lowest BCUT2D eigenvalue weighted by Gasteiger charge is -2.33. The number of sulfonamides is 1. The summed E-state index contributed by atoms with van der Waals surface area (Å²) in [6.07, 6.45) is 4.16. The Morgan fingerprint density at radius 1 is 1.57 bits per heavy atom. The van der Waals surface area contributed by atoms with Crippen LogP contribution in [0.25, 0.3) is 0 Å². The highest BCUT2D eigenvalue weighted by atomic mass is 32.2. The topological polar surface area (TPSA) is 115 Å². The molecule has 1 saturated heterocycles. The van der Waals surface area contributed by atoms with Crippen molar-refractivity contribution in [3.63, 3.8) is 0 Å². The molecule has 1 atom stereocenters. The van der Waals surface area contributed by atoms with E-state index in [1.165, 1.54) is 0 Å². The minimum Gasteiger partial charge on any atom is -0.384 e. The van der Waals surface area contributed by atoms with Crippen LogP contribution in [0.15, 0.2) is 18.3 Å². The molecule has 0 radical (unpaired) electrons. The Hall–Kier alpha value is -1.71. The average molecular weight is 342 g/mol. The first-order valence-corrected chi connectivity index (χ1v) is 9.27. The lowest BCUT2D eigenvalue weighted by atomic mass is 10.1. The molecule has 1 aromatic rings. The molecule has 0 saturated carbocycles. The van der Waals surface area contributed by atoms with Crippen LogP contribution in [-0.4, -0.2) is 62.8 Å². The molecule has 1 aliphatic heterocycles. The highest BCUT2D eigenvalue weighted by Gasteiger charge is 2.24. The number of hydrogen-bond donors (Lipinski definition) is 2. The maximum atomic E-state index is 12.0. The number of aromatic nitrogens is 1. The third-order valence-corrected chi connectivity index (χ3v) is 4.25. The van der Waals surface area contributed by atoms with Gasteiger partial charge in [0, 0.05) is 19.3 Å². The van der Waals surface area contributed by atoms with Crippen molar-refractivity contribution in [2.24, 2.45) is 0 Å². The number of carbonyl (C=O) groups excluding carboxylic acids is 1. The Labute approximate surface area is 136 Å². The second kappa shape index (κ2) is 7.71. The third kappa shape index (κ3) is 6.12. The minimum absolute atomic E-state index is 0.0691. The average Bonchev–Trinajstić information content (AvgIpc) is 2.50. The summed E-state index contributed by atoms with van der Waals surface area (Å²) in [5.41, 5.74) is 6.72. The van der Waals surface area contributed by atoms with Gasteiger partial charge in [-0.1, -0.05) is 0 Å². The van der Waals surface area contributed by atoms with E-state index in [-0.39, 0.29) is 18.6 Å². The number of anilines is 1. The fraction of sp³-hybridized carbons (Fsp3) is 0.571. The highest BCUT2D eigenvalue weighted by molar-refractivity contribution is 7.88. The van der Waals surface area contributed by atoms with Crippen LogP contribution in [0.4, 0.5) is 5.82 Å². The normalized spacial score (nSPS) is 18.8. The first-order chi connectivity index (χ1) is 10.8. The smallest absolute Gasteiger partial charge is 0.237 e. The Bertz CT molecular complexity index is 650. The van der Waals surface area contributed by atoms with E-state index in [0.717, 1.165) is 24.7 Å². The first kappa shape index (κ1) is 17.6. The third-order valence-electron chi connectivity index (χ3n) is 3.58. The van der Waals surface area contributed by atoms with Crippen molar-refractivity contribution in [2.45, 2.75) is 18.9 Å². The second-order valence-electron chi connectivity index (χ2n) is 5.55. The van der Waals surface area contributed by atoms with Crippen molar-refractivity contribution in [3.8, 4) is 0 Å². The Kier molecular flexibility index (Phi) is 5.91. The molecule has 1 aromatic heterocycles. The number of pyridine rings is 1. The fourth-order valence-electron chi connectivity index (χ4n) is 2.40. The van der Waals surface area contributed by atoms with Crippen LogP contribution in [0, 0.1) is 0 Å². The minimum atomic E-state index is -3.37. The standard InChI is InChI=1S/C14H22N4O4S/c1-23(20,21)17-9-14(19)18-6-7-22-12(10-18)3-2-11-4-5-16-13(15)8-11/h4-5,8,12,17H,2-3,6-7,9-10H2,1H3,(H2,15,16). The molecule has 0 aliphatic carbocycles. The van der Waals surface area contributed by atoms with Crippen molar-refractivity contribution in [1.29, 1.82) is 0 Å². The van der Waals surface area contributed by atoms with Crippen molar-refractivity contribution in [3.05, 3.63) is 23.9 Å². The molecule has 2 heterocycles. The van der Waals surface area contributed by atoms with Gasteiger partial charge in [-0.05, 0) is 30.5 Å². The maximum absolute atomic E-state index is 12.0. The molecule has 1 fully saturated rings. The van der Waals surface area contributed by atoms with E-state index >= 15 is 0 Å². The summed E-state index contributed by atoms with van der Waals surface area (Å²) in [5, 5.41) is 0. The number of nitrogens with zero attached hydrogens (tertiary/aromatic N) is 2. The van der Waals surface area contributed by atoms with E-state index in [1.54, 1.807) is 11.1 Å². The quantitative estimate of drug-likeness (QED) is 0.711. The van der Waals surface area contributed by atoms with E-state index < -0.39 is 10.0 Å². The molecule has 9 heteroatoms. The number of amides is 1. The summed E-state index contributed by atoms with van der Waals surface area (Å²) in [6, 6.07) is 3.72. The maximum Gasteiger partial charge on any atom is 0.237 e. The zero-order chi connectivity index (χ0) is 16.9. The lowest BCUT2D eigenvalue weighted by Crippen LogP contribution is -2.49. The molecule has 8 nitrogen and oxygen atoms in total. The predicted octanol–water partition coefficient (Wildman–Crippen LogP) is -0.627. The SMILES string of the molecule is CS(=O)(=O)NCC(=O)N1CCOC(CCc2ccnc(N)c2)C1. The molecule has 128 valence electrons. The van der Waals surface area contributed by atoms with Crippen molar-refractivity contribution in [1.82, 2.24) is 14.6 Å². The number of hydrogen-bond acceptors (Lipinski definition) is 6. The van der Waals surface area contributed by atoms with Gasteiger partial charge in [0.25, 0.3) is 0 Å². The largest absolute Gasteiger partial charge is 0.384 e. The zero-order valence-electron chi connectivity index (χ0n) is 13.1. The molecule has 1 unspecified atom stereocenters. The number of aryl methyl sites for hydroxylation is 1. The summed E-state index contributed by atoms with van der Waals surface area (Å²) in [5.74, 6) is 0.243. The summed E-state index contributed by atoms with van der Waals surface area (Å²) >= 11 is 0. The van der Waals surface area contributed by atoms with Gasteiger partial charge < -0.3 is 15.4 Å². The molecule has 1 amide bonds. The van der Waals surface area contributed by atoms with Crippen molar-refractivity contribution in [2.75, 3.05) is 38.2 Å². The first-order valence-electron chi connectivity index (χ1n) is 7.38. The van der Waals surface area contributed by atoms with Gasteiger partial charge in [0.2, 0.25) is 15.9 Å². The number of morpholine rings is 1. The Balaban J connectivity index is 1.82. The summed E-state index contributed by atoms with van der Waals surface area (Å²) in [4.78, 5) is 17.6. The summed E-state index contributed by atoms with van der Waals surface area (Å²) in [6.45, 7) is 1.17. The van der Waals surface area contributed by atoms with Gasteiger partial charge in [0.05, 0.1) is 25.5 Å². The van der Waals surface area contributed by atoms with Crippen LogP contribution >= 0.6 is 0 Å². The number of carbonyl (C=O) groups is 1. The number of rotatable bonds is 6. The van der Waals surface area contributed by atoms with Crippen LogP contribution in [0.1, 0.15) is 12.0 Å². The number of nitrogen functional groups attached to an aromatic ring is 1. The van der Waals surface area contributed by atoms with E-state index in [0.29, 0.717) is 25.5 Å². The Morgan fingerprint density at radius 3 is 3.04 bits per heavy atom. The van der Waals surface area contributed by atoms with Crippen LogP contribution in [0.5, 0.6) is 0 Å². The molecule has 0 spiro atoms. The van der Waals surface area contributed by atoms with E-state index in [9.17, 15) is 13.2 Å². The monoisotopic (exact) mass is 342 g/mol. The number of nitrogens with one attached hydrogen (secondary N) is 1. The molecule has 1 aliphatic rings. The van der Waals surface area contributed by atoms with Gasteiger partial charge in [0.15, 0.2) is 0 Å². The van der Waals surface area contributed by atoms with E-state index in [4.69, 9.17) is 10.5 Å². The number of nitrogens with two attached hydrogens (primary N) is 1. The van der Waals surface area contributed by atoms with E-state index in [2.05, 4.69) is 9.71 Å². The second-order valence-corrected chi connectivity index (χ2v) is 7.39. The highest BCUT2D eigenvalue weighted by Crippen LogP contribution is 2.13. The summed E-state index contributed by atoms with van der Waals surface area (Å²) < 4.78 is 30.0. The molecule has 0 bridgehead atoms. The molecular weight excluding hydrogens is 320 g/mol. The van der Waals surface area contributed by atoms with Crippen molar-refractivity contribution < 1.29 is 17.9 Å². The van der Waals surface area contributed by atoms with Crippen LogP contribution < -0.4 is 10.5 Å². The fourth-order valence-corrected chi connectivity index (χ4v) is 2.79. The molecule has 0 aromatic carbocycles. The zero-order valence-corrected chi connectivity index (χ0v) is 13.9. The van der Waals surface area contributed by atoms with Crippen LogP contribution in [-0.2, 0) is 26.0 Å². The summed E-state index contributed by atoms with van der Waals surface area (Å²) in [7, 11) is -3.37. The van der Waals surface area contributed by atoms with Gasteiger partial charge >= 0.3 is 0 Å². The van der Waals surface area contributed by atoms with Gasteiger partial charge in [0.1, 0.15) is 5.82 Å². The molecule has 2 rings (SSSR count). The number of ether oxygens (including phenoxy) is 1. The van der Waals surface area contributed by atoms with Crippen molar-refractivity contribution >= 4 is 21.7 Å². The Morgan fingerprint density at radius 2 is 2.35 bits per heavy atom.